The molecular formula is C14H22N2O. The average Bonchev–Trinajstić information content (AvgIpc) is 2.34. The summed E-state index contributed by atoms with van der Waals surface area (Å²) >= 11 is 0. The third-order valence-electron chi connectivity index (χ3n) is 3.69. The van der Waals surface area contributed by atoms with Crippen molar-refractivity contribution >= 4 is 0 Å². The van der Waals surface area contributed by atoms with Gasteiger partial charge in [-0.25, -0.2) is 0 Å². The van der Waals surface area contributed by atoms with Gasteiger partial charge < -0.3 is 10.8 Å². The van der Waals surface area contributed by atoms with Crippen molar-refractivity contribution in [3.05, 3.63) is 29.8 Å². The van der Waals surface area contributed by atoms with Crippen LogP contribution in [0.3, 0.4) is 0 Å². The standard InChI is InChI=1S/C14H22N2O/c1-11-6-7-16(13(8-11)9-15)10-12-2-4-14(17)5-3-12/h2-5,11,13,17H,6-10,15H2,1H3. The number of likely N-dealkylation sites (tertiary alicyclic amines) is 1. The van der Waals surface area contributed by atoms with Crippen LogP contribution in [-0.4, -0.2) is 29.1 Å². The van der Waals surface area contributed by atoms with Gasteiger partial charge in [-0.1, -0.05) is 19.1 Å². The Labute approximate surface area is 103 Å². The molecule has 17 heavy (non-hydrogen) atoms. The minimum absolute atomic E-state index is 0.330. The number of phenols is 1. The third kappa shape index (κ3) is 3.20. The molecule has 2 atom stereocenters. The number of nitrogens with two attached hydrogens (primary N) is 1. The molecule has 0 amide bonds. The van der Waals surface area contributed by atoms with Crippen molar-refractivity contribution in [3.8, 4) is 5.75 Å². The topological polar surface area (TPSA) is 49.5 Å². The Hall–Kier alpha value is -1.06. The number of hydrogen-bond donors (Lipinski definition) is 2. The van der Waals surface area contributed by atoms with Crippen LogP contribution in [0.5, 0.6) is 5.75 Å². The molecule has 1 heterocycles. The van der Waals surface area contributed by atoms with Crippen LogP contribution < -0.4 is 5.73 Å². The average molecular weight is 234 g/mol. The summed E-state index contributed by atoms with van der Waals surface area (Å²) in [6.07, 6.45) is 2.46. The lowest BCUT2D eigenvalue weighted by Crippen LogP contribution is -2.45. The molecule has 3 nitrogen and oxygen atoms in total. The molecule has 1 aromatic rings. The van der Waals surface area contributed by atoms with E-state index in [9.17, 15) is 5.11 Å². The van der Waals surface area contributed by atoms with Crippen LogP contribution in [0.2, 0.25) is 0 Å². The van der Waals surface area contributed by atoms with Crippen molar-refractivity contribution < 1.29 is 5.11 Å². The van der Waals surface area contributed by atoms with E-state index in [0.29, 0.717) is 11.8 Å². The van der Waals surface area contributed by atoms with Crippen LogP contribution in [0.25, 0.3) is 0 Å². The van der Waals surface area contributed by atoms with E-state index >= 15 is 0 Å². The maximum absolute atomic E-state index is 9.26. The lowest BCUT2D eigenvalue weighted by atomic mass is 9.92. The summed E-state index contributed by atoms with van der Waals surface area (Å²) in [6.45, 7) is 5.11. The molecule has 0 saturated carbocycles. The van der Waals surface area contributed by atoms with Crippen LogP contribution in [-0.2, 0) is 6.54 Å². The van der Waals surface area contributed by atoms with Crippen LogP contribution in [0.4, 0.5) is 0 Å². The number of piperidine rings is 1. The fourth-order valence-electron chi connectivity index (χ4n) is 2.59. The first kappa shape index (κ1) is 12.4. The summed E-state index contributed by atoms with van der Waals surface area (Å²) < 4.78 is 0. The zero-order chi connectivity index (χ0) is 12.3. The fourth-order valence-corrected chi connectivity index (χ4v) is 2.59. The molecule has 0 spiro atoms. The molecule has 3 heteroatoms. The first-order valence-electron chi connectivity index (χ1n) is 6.41. The highest BCUT2D eigenvalue weighted by molar-refractivity contribution is 5.25. The number of nitrogens with zero attached hydrogens (tertiary/aromatic N) is 1. The first-order chi connectivity index (χ1) is 8.19. The molecule has 1 aromatic carbocycles. The summed E-state index contributed by atoms with van der Waals surface area (Å²) in [5.74, 6) is 1.12. The van der Waals surface area contributed by atoms with Gasteiger partial charge in [0.05, 0.1) is 0 Å². The lowest BCUT2D eigenvalue weighted by molar-refractivity contribution is 0.115. The summed E-state index contributed by atoms with van der Waals surface area (Å²) in [4.78, 5) is 2.46. The Bertz CT molecular complexity index is 350. The van der Waals surface area contributed by atoms with Crippen molar-refractivity contribution in [2.45, 2.75) is 32.4 Å². The van der Waals surface area contributed by atoms with E-state index in [-0.39, 0.29) is 0 Å². The Balaban J connectivity index is 1.99. The van der Waals surface area contributed by atoms with Gasteiger partial charge in [0.2, 0.25) is 0 Å². The summed E-state index contributed by atoms with van der Waals surface area (Å²) in [5.41, 5.74) is 7.10. The molecule has 2 rings (SSSR count). The minimum Gasteiger partial charge on any atom is -0.508 e. The maximum Gasteiger partial charge on any atom is 0.115 e. The highest BCUT2D eigenvalue weighted by atomic mass is 16.3. The Morgan fingerprint density at radius 2 is 2.06 bits per heavy atom. The van der Waals surface area contributed by atoms with Gasteiger partial charge >= 0.3 is 0 Å². The van der Waals surface area contributed by atoms with Crippen LogP contribution in [0, 0.1) is 5.92 Å². The molecule has 0 radical (unpaired) electrons. The molecule has 0 aromatic heterocycles. The Morgan fingerprint density at radius 1 is 1.35 bits per heavy atom. The van der Waals surface area contributed by atoms with E-state index in [1.54, 1.807) is 12.1 Å². The molecule has 1 saturated heterocycles. The predicted molar refractivity (Wildman–Crippen MR) is 69.8 cm³/mol. The number of hydrogen-bond acceptors (Lipinski definition) is 3. The third-order valence-corrected chi connectivity index (χ3v) is 3.69. The first-order valence-corrected chi connectivity index (χ1v) is 6.41. The van der Waals surface area contributed by atoms with E-state index in [0.717, 1.165) is 25.6 Å². The van der Waals surface area contributed by atoms with Gasteiger partial charge in [-0.2, -0.15) is 0 Å². The fraction of sp³-hybridized carbons (Fsp3) is 0.571. The molecule has 1 aliphatic heterocycles. The number of rotatable bonds is 3. The summed E-state index contributed by atoms with van der Waals surface area (Å²) in [5, 5.41) is 9.26. The Kier molecular flexibility index (Phi) is 4.02. The van der Waals surface area contributed by atoms with Gasteiger partial charge in [0.1, 0.15) is 5.75 Å². The second-order valence-corrected chi connectivity index (χ2v) is 5.16. The zero-order valence-electron chi connectivity index (χ0n) is 10.5. The van der Waals surface area contributed by atoms with E-state index in [1.165, 1.54) is 18.4 Å². The molecule has 0 bridgehead atoms. The zero-order valence-corrected chi connectivity index (χ0v) is 10.5. The van der Waals surface area contributed by atoms with E-state index in [4.69, 9.17) is 5.73 Å². The molecule has 3 N–H and O–H groups in total. The summed E-state index contributed by atoms with van der Waals surface area (Å²) in [7, 11) is 0. The van der Waals surface area contributed by atoms with Crippen molar-refractivity contribution in [1.29, 1.82) is 0 Å². The molecular weight excluding hydrogens is 212 g/mol. The van der Waals surface area contributed by atoms with Crippen LogP contribution >= 0.6 is 0 Å². The second kappa shape index (κ2) is 5.52. The maximum atomic E-state index is 9.26. The predicted octanol–water partition coefficient (Wildman–Crippen LogP) is 1.95. The highest BCUT2D eigenvalue weighted by Crippen LogP contribution is 2.24. The number of benzene rings is 1. The van der Waals surface area contributed by atoms with E-state index in [2.05, 4.69) is 11.8 Å². The number of phenolic OH excluding ortho intramolecular Hbond substituents is 1. The smallest absolute Gasteiger partial charge is 0.115 e. The van der Waals surface area contributed by atoms with E-state index in [1.807, 2.05) is 12.1 Å². The van der Waals surface area contributed by atoms with Crippen molar-refractivity contribution in [1.82, 2.24) is 4.90 Å². The van der Waals surface area contributed by atoms with Gasteiger partial charge in [0, 0.05) is 19.1 Å². The Morgan fingerprint density at radius 3 is 2.71 bits per heavy atom. The van der Waals surface area contributed by atoms with Crippen molar-refractivity contribution in [2.24, 2.45) is 11.7 Å². The highest BCUT2D eigenvalue weighted by Gasteiger charge is 2.24. The van der Waals surface area contributed by atoms with Crippen LogP contribution in [0.1, 0.15) is 25.3 Å². The van der Waals surface area contributed by atoms with Crippen molar-refractivity contribution in [3.63, 3.8) is 0 Å². The van der Waals surface area contributed by atoms with Crippen LogP contribution in [0.15, 0.2) is 24.3 Å². The summed E-state index contributed by atoms with van der Waals surface area (Å²) in [6, 6.07) is 7.98. The van der Waals surface area contributed by atoms with Crippen molar-refractivity contribution in [2.75, 3.05) is 13.1 Å². The lowest BCUT2D eigenvalue weighted by Gasteiger charge is -2.38. The van der Waals surface area contributed by atoms with Gasteiger partial charge in [-0.3, -0.25) is 4.90 Å². The van der Waals surface area contributed by atoms with E-state index < -0.39 is 0 Å². The van der Waals surface area contributed by atoms with Gasteiger partial charge in [-0.15, -0.1) is 0 Å². The molecule has 2 unspecified atom stereocenters. The van der Waals surface area contributed by atoms with Gasteiger partial charge in [0.15, 0.2) is 0 Å². The SMILES string of the molecule is CC1CCN(Cc2ccc(O)cc2)C(CN)C1. The van der Waals surface area contributed by atoms with Gasteiger partial charge in [-0.05, 0) is 43.0 Å². The minimum atomic E-state index is 0.330. The largest absolute Gasteiger partial charge is 0.508 e. The normalized spacial score (nSPS) is 26.0. The second-order valence-electron chi connectivity index (χ2n) is 5.16. The number of aromatic hydroxyl groups is 1. The molecule has 1 fully saturated rings. The molecule has 1 aliphatic rings. The molecule has 0 aliphatic carbocycles. The molecule has 94 valence electrons. The quantitative estimate of drug-likeness (QED) is 0.840. The van der Waals surface area contributed by atoms with Gasteiger partial charge in [0.25, 0.3) is 0 Å². The monoisotopic (exact) mass is 234 g/mol.